The van der Waals surface area contributed by atoms with Crippen molar-refractivity contribution in [1.29, 1.82) is 0 Å². The summed E-state index contributed by atoms with van der Waals surface area (Å²) in [7, 11) is 0. The van der Waals surface area contributed by atoms with Crippen LogP contribution in [0.1, 0.15) is 28.4 Å². The summed E-state index contributed by atoms with van der Waals surface area (Å²) in [6.45, 7) is 2.09. The second-order valence-electron chi connectivity index (χ2n) is 7.26. The van der Waals surface area contributed by atoms with Gasteiger partial charge in [0, 0.05) is 12.3 Å². The Hall–Kier alpha value is -2.91. The van der Waals surface area contributed by atoms with Crippen LogP contribution in [0.4, 0.5) is 11.5 Å². The number of halogens is 2. The zero-order valence-corrected chi connectivity index (χ0v) is 18.5. The molecule has 0 bridgehead atoms. The van der Waals surface area contributed by atoms with Crippen molar-refractivity contribution < 1.29 is 9.53 Å². The number of nitrogen functional groups attached to an aromatic ring is 1. The molecule has 4 N–H and O–H groups in total. The third-order valence-electron chi connectivity index (χ3n) is 5.09. The SMILES string of the molecule is Nc1ncn(-c2c(Cl)cccc2Cl)c(=O)c1C(=O)Nc1cccc([C@@H]2COCCCN2)c1. The molecule has 3 aromatic rings. The Morgan fingerprint density at radius 1 is 1.22 bits per heavy atom. The molecular formula is C22H21Cl2N5O3. The molecular weight excluding hydrogens is 453 g/mol. The number of benzene rings is 2. The van der Waals surface area contributed by atoms with Crippen molar-refractivity contribution >= 4 is 40.6 Å². The van der Waals surface area contributed by atoms with Gasteiger partial charge in [-0.1, -0.05) is 41.4 Å². The van der Waals surface area contributed by atoms with E-state index in [0.29, 0.717) is 18.9 Å². The molecule has 1 aromatic heterocycles. The summed E-state index contributed by atoms with van der Waals surface area (Å²) in [6.07, 6.45) is 2.13. The first kappa shape index (κ1) is 22.3. The maximum absolute atomic E-state index is 13.1. The molecule has 0 radical (unpaired) electrons. The summed E-state index contributed by atoms with van der Waals surface area (Å²) in [6, 6.07) is 12.2. The molecule has 1 atom stereocenters. The van der Waals surface area contributed by atoms with Crippen LogP contribution in [0, 0.1) is 0 Å². The Kier molecular flexibility index (Phi) is 6.76. The Labute approximate surface area is 194 Å². The van der Waals surface area contributed by atoms with E-state index in [1.165, 1.54) is 6.33 Å². The van der Waals surface area contributed by atoms with E-state index in [2.05, 4.69) is 15.6 Å². The van der Waals surface area contributed by atoms with Gasteiger partial charge in [0.25, 0.3) is 11.5 Å². The van der Waals surface area contributed by atoms with E-state index in [1.54, 1.807) is 24.3 Å². The molecule has 0 unspecified atom stereocenters. The fourth-order valence-corrected chi connectivity index (χ4v) is 4.09. The van der Waals surface area contributed by atoms with Crippen LogP contribution in [0.25, 0.3) is 5.69 Å². The topological polar surface area (TPSA) is 111 Å². The number of nitrogens with one attached hydrogen (secondary N) is 2. The Balaban J connectivity index is 1.65. The number of amides is 1. The lowest BCUT2D eigenvalue weighted by Crippen LogP contribution is -2.31. The van der Waals surface area contributed by atoms with E-state index in [-0.39, 0.29) is 33.2 Å². The zero-order valence-electron chi connectivity index (χ0n) is 17.0. The van der Waals surface area contributed by atoms with Crippen molar-refractivity contribution in [2.24, 2.45) is 0 Å². The maximum Gasteiger partial charge on any atom is 0.273 e. The summed E-state index contributed by atoms with van der Waals surface area (Å²) in [4.78, 5) is 30.1. The Bertz CT molecular complexity index is 1190. The maximum atomic E-state index is 13.1. The number of para-hydroxylation sites is 1. The van der Waals surface area contributed by atoms with Gasteiger partial charge in [0.2, 0.25) is 0 Å². The van der Waals surface area contributed by atoms with Gasteiger partial charge in [-0.2, -0.15) is 0 Å². The molecule has 1 aliphatic heterocycles. The van der Waals surface area contributed by atoms with Gasteiger partial charge in [0.15, 0.2) is 0 Å². The predicted molar refractivity (Wildman–Crippen MR) is 125 cm³/mol. The van der Waals surface area contributed by atoms with Gasteiger partial charge >= 0.3 is 0 Å². The highest BCUT2D eigenvalue weighted by Gasteiger charge is 2.21. The standard InChI is InChI=1S/C22H21Cl2N5O3/c23-15-6-2-7-16(24)19(15)29-12-27-20(25)18(22(29)31)21(30)28-14-5-1-4-13(10-14)17-11-32-9-3-8-26-17/h1-2,4-7,10,12,17,26H,3,8-9,11,25H2,(H,28,30)/t17-/m0/s1. The average molecular weight is 474 g/mol. The van der Waals surface area contributed by atoms with Crippen LogP contribution in [0.3, 0.4) is 0 Å². The highest BCUT2D eigenvalue weighted by molar-refractivity contribution is 6.37. The molecule has 32 heavy (non-hydrogen) atoms. The lowest BCUT2D eigenvalue weighted by molar-refractivity contribution is 0.102. The van der Waals surface area contributed by atoms with E-state index in [9.17, 15) is 9.59 Å². The molecule has 2 aromatic carbocycles. The number of ether oxygens (including phenoxy) is 1. The van der Waals surface area contributed by atoms with Gasteiger partial charge in [0.1, 0.15) is 17.7 Å². The van der Waals surface area contributed by atoms with Crippen LogP contribution < -0.4 is 21.9 Å². The van der Waals surface area contributed by atoms with Crippen LogP contribution in [0.5, 0.6) is 0 Å². The summed E-state index contributed by atoms with van der Waals surface area (Å²) in [5.41, 5.74) is 6.61. The lowest BCUT2D eigenvalue weighted by atomic mass is 10.1. The summed E-state index contributed by atoms with van der Waals surface area (Å²) < 4.78 is 6.73. The largest absolute Gasteiger partial charge is 0.383 e. The molecule has 0 aliphatic carbocycles. The zero-order chi connectivity index (χ0) is 22.7. The molecule has 1 saturated heterocycles. The van der Waals surface area contributed by atoms with Crippen LogP contribution in [-0.2, 0) is 4.74 Å². The number of nitrogens with zero attached hydrogens (tertiary/aromatic N) is 2. The lowest BCUT2D eigenvalue weighted by Gasteiger charge is -2.17. The van der Waals surface area contributed by atoms with E-state index in [4.69, 9.17) is 33.7 Å². The molecule has 166 valence electrons. The first-order valence-corrected chi connectivity index (χ1v) is 10.7. The monoisotopic (exact) mass is 473 g/mol. The van der Waals surface area contributed by atoms with Crippen LogP contribution in [0.2, 0.25) is 10.0 Å². The minimum absolute atomic E-state index is 0.0115. The second-order valence-corrected chi connectivity index (χ2v) is 8.08. The number of rotatable bonds is 4. The van der Waals surface area contributed by atoms with Crippen LogP contribution >= 0.6 is 23.2 Å². The number of carbonyl (C=O) groups is 1. The fraction of sp³-hybridized carbons (Fsp3) is 0.227. The Morgan fingerprint density at radius 2 is 1.97 bits per heavy atom. The molecule has 10 heteroatoms. The first-order valence-electron chi connectivity index (χ1n) is 9.99. The number of nitrogens with two attached hydrogens (primary N) is 1. The molecule has 2 heterocycles. The molecule has 4 rings (SSSR count). The number of aromatic nitrogens is 2. The van der Waals surface area contributed by atoms with Gasteiger partial charge in [-0.25, -0.2) is 4.98 Å². The van der Waals surface area contributed by atoms with Crippen molar-refractivity contribution in [2.75, 3.05) is 30.8 Å². The predicted octanol–water partition coefficient (Wildman–Crippen LogP) is 3.42. The fourth-order valence-electron chi connectivity index (χ4n) is 3.51. The molecule has 0 spiro atoms. The number of carbonyl (C=O) groups excluding carboxylic acids is 1. The summed E-state index contributed by atoms with van der Waals surface area (Å²) in [5, 5.41) is 6.63. The van der Waals surface area contributed by atoms with Gasteiger partial charge in [-0.05, 0) is 42.8 Å². The average Bonchev–Trinajstić information content (AvgIpc) is 3.05. The smallest absolute Gasteiger partial charge is 0.273 e. The molecule has 1 amide bonds. The Morgan fingerprint density at radius 3 is 2.75 bits per heavy atom. The third-order valence-corrected chi connectivity index (χ3v) is 5.70. The molecule has 0 saturated carbocycles. The highest BCUT2D eigenvalue weighted by Crippen LogP contribution is 2.27. The van der Waals surface area contributed by atoms with Crippen LogP contribution in [0.15, 0.2) is 53.6 Å². The van der Waals surface area contributed by atoms with Gasteiger partial charge in [-0.3, -0.25) is 14.2 Å². The summed E-state index contributed by atoms with van der Waals surface area (Å²) in [5.74, 6) is -0.873. The highest BCUT2D eigenvalue weighted by atomic mass is 35.5. The number of hydrogen-bond acceptors (Lipinski definition) is 6. The number of anilines is 2. The molecule has 1 aliphatic rings. The van der Waals surface area contributed by atoms with Crippen molar-refractivity contribution in [1.82, 2.24) is 14.9 Å². The van der Waals surface area contributed by atoms with E-state index in [0.717, 1.165) is 23.1 Å². The van der Waals surface area contributed by atoms with Crippen molar-refractivity contribution in [3.8, 4) is 5.69 Å². The number of hydrogen-bond donors (Lipinski definition) is 3. The summed E-state index contributed by atoms with van der Waals surface area (Å²) >= 11 is 12.4. The molecule has 1 fully saturated rings. The van der Waals surface area contributed by atoms with E-state index in [1.807, 2.05) is 18.2 Å². The van der Waals surface area contributed by atoms with E-state index >= 15 is 0 Å². The van der Waals surface area contributed by atoms with E-state index < -0.39 is 11.5 Å². The molecule has 8 nitrogen and oxygen atoms in total. The second kappa shape index (κ2) is 9.70. The van der Waals surface area contributed by atoms with Gasteiger partial charge in [0.05, 0.1) is 28.4 Å². The normalized spacial score (nSPS) is 16.4. The van der Waals surface area contributed by atoms with Crippen molar-refractivity contribution in [3.05, 3.63) is 80.3 Å². The van der Waals surface area contributed by atoms with Crippen molar-refractivity contribution in [3.63, 3.8) is 0 Å². The van der Waals surface area contributed by atoms with Crippen LogP contribution in [-0.4, -0.2) is 35.2 Å². The third kappa shape index (κ3) is 4.63. The van der Waals surface area contributed by atoms with Crippen molar-refractivity contribution in [2.45, 2.75) is 12.5 Å². The van der Waals surface area contributed by atoms with Gasteiger partial charge in [-0.15, -0.1) is 0 Å². The quantitative estimate of drug-likeness (QED) is 0.535. The minimum atomic E-state index is -0.681. The minimum Gasteiger partial charge on any atom is -0.383 e. The van der Waals surface area contributed by atoms with Gasteiger partial charge < -0.3 is 21.1 Å². The first-order chi connectivity index (χ1) is 15.5.